The van der Waals surface area contributed by atoms with Crippen molar-refractivity contribution < 1.29 is 0 Å². The second kappa shape index (κ2) is 6.50. The number of nitrogens with one attached hydrogen (secondary N) is 1. The van der Waals surface area contributed by atoms with Crippen LogP contribution >= 0.6 is 11.8 Å². The van der Waals surface area contributed by atoms with Gasteiger partial charge >= 0.3 is 0 Å². The minimum atomic E-state index is 0.984. The summed E-state index contributed by atoms with van der Waals surface area (Å²) in [7, 11) is 0. The highest BCUT2D eigenvalue weighted by molar-refractivity contribution is 7.99. The van der Waals surface area contributed by atoms with E-state index in [1.165, 1.54) is 32.1 Å². The fourth-order valence-corrected chi connectivity index (χ4v) is 3.79. The van der Waals surface area contributed by atoms with Gasteiger partial charge in [0, 0.05) is 16.3 Å². The summed E-state index contributed by atoms with van der Waals surface area (Å²) in [6.07, 6.45) is 3.44. The van der Waals surface area contributed by atoms with Gasteiger partial charge in [0.05, 0.1) is 0 Å². The molecule has 0 saturated heterocycles. The van der Waals surface area contributed by atoms with E-state index in [4.69, 9.17) is 0 Å². The topological polar surface area (TPSA) is 12.0 Å². The minimum absolute atomic E-state index is 0.984. The maximum atomic E-state index is 3.39. The van der Waals surface area contributed by atoms with Gasteiger partial charge in [0.1, 0.15) is 0 Å². The van der Waals surface area contributed by atoms with Crippen molar-refractivity contribution in [3.8, 4) is 0 Å². The Balaban J connectivity index is 1.95. The monoisotopic (exact) mass is 295 g/mol. The van der Waals surface area contributed by atoms with Crippen LogP contribution in [0.2, 0.25) is 0 Å². The van der Waals surface area contributed by atoms with Gasteiger partial charge in [-0.15, -0.1) is 0 Å². The summed E-state index contributed by atoms with van der Waals surface area (Å²) in [5, 5.41) is 3.39. The van der Waals surface area contributed by atoms with Gasteiger partial charge in [0.2, 0.25) is 0 Å². The molecule has 0 saturated carbocycles. The molecular weight excluding hydrogens is 274 g/mol. The fourth-order valence-electron chi connectivity index (χ4n) is 2.62. The first kappa shape index (κ1) is 14.4. The van der Waals surface area contributed by atoms with Crippen LogP contribution in [0.1, 0.15) is 23.1 Å². The number of rotatable bonds is 3. The molecule has 0 unspecified atom stereocenters. The van der Waals surface area contributed by atoms with E-state index in [9.17, 15) is 0 Å². The lowest BCUT2D eigenvalue weighted by atomic mass is 10.0. The third-order valence-corrected chi connectivity index (χ3v) is 5.10. The molecule has 0 radical (unpaired) electrons. The number of aryl methyl sites for hydroxylation is 2. The fraction of sp³-hybridized carbons (Fsp3) is 0.263. The lowest BCUT2D eigenvalue weighted by Gasteiger charge is -2.17. The van der Waals surface area contributed by atoms with Crippen LogP contribution in [0.25, 0.3) is 5.57 Å². The van der Waals surface area contributed by atoms with Crippen molar-refractivity contribution in [2.75, 3.05) is 13.1 Å². The largest absolute Gasteiger partial charge is 0.313 e. The van der Waals surface area contributed by atoms with E-state index >= 15 is 0 Å². The zero-order valence-electron chi connectivity index (χ0n) is 12.6. The molecule has 21 heavy (non-hydrogen) atoms. The molecule has 0 aromatic heterocycles. The molecule has 0 bridgehead atoms. The van der Waals surface area contributed by atoms with Crippen LogP contribution in [0.4, 0.5) is 0 Å². The van der Waals surface area contributed by atoms with Gasteiger partial charge in [0.25, 0.3) is 0 Å². The summed E-state index contributed by atoms with van der Waals surface area (Å²) < 4.78 is 0. The van der Waals surface area contributed by atoms with E-state index in [2.05, 4.69) is 67.7 Å². The summed E-state index contributed by atoms with van der Waals surface area (Å²) in [6, 6.07) is 15.5. The van der Waals surface area contributed by atoms with Crippen LogP contribution in [0.5, 0.6) is 0 Å². The Labute approximate surface area is 131 Å². The Hall–Kier alpha value is -1.51. The van der Waals surface area contributed by atoms with Gasteiger partial charge in [-0.05, 0) is 61.2 Å². The Bertz CT molecular complexity index is 673. The molecule has 0 atom stereocenters. The summed E-state index contributed by atoms with van der Waals surface area (Å²) in [6.45, 7) is 6.41. The van der Waals surface area contributed by atoms with E-state index in [1.54, 1.807) is 0 Å². The quantitative estimate of drug-likeness (QED) is 0.870. The molecule has 1 aliphatic heterocycles. The molecule has 2 heteroatoms. The van der Waals surface area contributed by atoms with Crippen molar-refractivity contribution in [2.45, 2.75) is 30.1 Å². The molecule has 0 spiro atoms. The van der Waals surface area contributed by atoms with Crippen molar-refractivity contribution in [2.24, 2.45) is 0 Å². The van der Waals surface area contributed by atoms with Crippen molar-refractivity contribution in [3.63, 3.8) is 0 Å². The van der Waals surface area contributed by atoms with Crippen molar-refractivity contribution in [1.82, 2.24) is 5.32 Å². The second-order valence-corrected chi connectivity index (χ2v) is 6.63. The summed E-state index contributed by atoms with van der Waals surface area (Å²) in [5.41, 5.74) is 5.54. The number of hydrogen-bond donors (Lipinski definition) is 1. The van der Waals surface area contributed by atoms with Gasteiger partial charge in [-0.2, -0.15) is 0 Å². The normalized spacial score (nSPS) is 14.9. The highest BCUT2D eigenvalue weighted by atomic mass is 32.2. The van der Waals surface area contributed by atoms with Crippen LogP contribution in [0.15, 0.2) is 58.3 Å². The van der Waals surface area contributed by atoms with E-state index < -0.39 is 0 Å². The van der Waals surface area contributed by atoms with E-state index in [-0.39, 0.29) is 0 Å². The highest BCUT2D eigenvalue weighted by Gasteiger charge is 2.11. The first-order valence-corrected chi connectivity index (χ1v) is 8.30. The zero-order valence-corrected chi connectivity index (χ0v) is 13.5. The van der Waals surface area contributed by atoms with Gasteiger partial charge in [0.15, 0.2) is 0 Å². The Morgan fingerprint density at radius 3 is 2.67 bits per heavy atom. The van der Waals surface area contributed by atoms with Crippen molar-refractivity contribution in [1.29, 1.82) is 0 Å². The zero-order chi connectivity index (χ0) is 14.7. The average Bonchev–Trinajstić information content (AvgIpc) is 2.52. The Morgan fingerprint density at radius 2 is 1.86 bits per heavy atom. The maximum Gasteiger partial charge on any atom is 0.0197 e. The molecule has 1 N–H and O–H groups in total. The molecule has 108 valence electrons. The first-order chi connectivity index (χ1) is 10.2. The predicted molar refractivity (Wildman–Crippen MR) is 91.9 cm³/mol. The third kappa shape index (κ3) is 3.39. The van der Waals surface area contributed by atoms with Gasteiger partial charge in [-0.25, -0.2) is 0 Å². The standard InChI is InChI=1S/C19H21NS/c1-14-7-8-15(2)19(13-14)21-18-6-4-3-5-17(18)16-9-11-20-12-10-16/h3-9,13,20H,10-12H2,1-2H3. The Morgan fingerprint density at radius 1 is 1.00 bits per heavy atom. The minimum Gasteiger partial charge on any atom is -0.313 e. The molecule has 0 fully saturated rings. The van der Waals surface area contributed by atoms with Gasteiger partial charge < -0.3 is 5.32 Å². The SMILES string of the molecule is Cc1ccc(C)c(Sc2ccccc2C2=CCNCC2)c1. The van der Waals surface area contributed by atoms with Crippen LogP contribution in [-0.4, -0.2) is 13.1 Å². The molecule has 1 aliphatic rings. The molecule has 0 aliphatic carbocycles. The van der Waals surface area contributed by atoms with Crippen LogP contribution in [0.3, 0.4) is 0 Å². The smallest absolute Gasteiger partial charge is 0.0197 e. The second-order valence-electron chi connectivity index (χ2n) is 5.55. The van der Waals surface area contributed by atoms with Crippen LogP contribution in [-0.2, 0) is 0 Å². The lowest BCUT2D eigenvalue weighted by Crippen LogP contribution is -2.20. The molecular formula is C19H21NS. The number of hydrogen-bond acceptors (Lipinski definition) is 2. The molecule has 2 aromatic carbocycles. The molecule has 1 heterocycles. The lowest BCUT2D eigenvalue weighted by molar-refractivity contribution is 0.737. The number of benzene rings is 2. The molecule has 2 aromatic rings. The van der Waals surface area contributed by atoms with Gasteiger partial charge in [-0.1, -0.05) is 48.2 Å². The first-order valence-electron chi connectivity index (χ1n) is 7.48. The summed E-state index contributed by atoms with van der Waals surface area (Å²) in [5.74, 6) is 0. The highest BCUT2D eigenvalue weighted by Crippen LogP contribution is 2.36. The van der Waals surface area contributed by atoms with Crippen molar-refractivity contribution >= 4 is 17.3 Å². The molecule has 1 nitrogen and oxygen atoms in total. The van der Waals surface area contributed by atoms with E-state index in [1.807, 2.05) is 11.8 Å². The molecule has 3 rings (SSSR count). The molecule has 0 amide bonds. The Kier molecular flexibility index (Phi) is 4.47. The third-order valence-electron chi connectivity index (χ3n) is 3.86. The van der Waals surface area contributed by atoms with E-state index in [0.29, 0.717) is 0 Å². The van der Waals surface area contributed by atoms with Gasteiger partial charge in [-0.3, -0.25) is 0 Å². The maximum absolute atomic E-state index is 3.39. The van der Waals surface area contributed by atoms with Crippen molar-refractivity contribution in [3.05, 3.63) is 65.2 Å². The van der Waals surface area contributed by atoms with E-state index in [0.717, 1.165) is 19.5 Å². The van der Waals surface area contributed by atoms with Crippen LogP contribution in [0, 0.1) is 13.8 Å². The average molecular weight is 295 g/mol. The summed E-state index contributed by atoms with van der Waals surface area (Å²) >= 11 is 1.89. The van der Waals surface area contributed by atoms with Crippen LogP contribution < -0.4 is 5.32 Å². The summed E-state index contributed by atoms with van der Waals surface area (Å²) in [4.78, 5) is 2.72. The predicted octanol–water partition coefficient (Wildman–Crippen LogP) is 4.83.